The number of para-hydroxylation sites is 1. The molecule has 0 aliphatic heterocycles. The van der Waals surface area contributed by atoms with Crippen LogP contribution in [-0.2, 0) is 0 Å². The molecule has 0 heterocycles. The summed E-state index contributed by atoms with van der Waals surface area (Å²) in [6, 6.07) is 19.5. The molecule has 1 fully saturated rings. The van der Waals surface area contributed by atoms with E-state index in [2.05, 4.69) is 54.7 Å². The first kappa shape index (κ1) is 14.2. The predicted molar refractivity (Wildman–Crippen MR) is 87.6 cm³/mol. The van der Waals surface area contributed by atoms with Gasteiger partial charge in [-0.25, -0.2) is 0 Å². The molecular formula is C19H23NO. The summed E-state index contributed by atoms with van der Waals surface area (Å²) in [7, 11) is 0. The SMILES string of the molecule is CCC(CNC1CC1)Oc1ccccc1-c1ccccc1. The molecule has 2 aromatic rings. The quantitative estimate of drug-likeness (QED) is 0.818. The minimum atomic E-state index is 0.232. The van der Waals surface area contributed by atoms with Crippen LogP contribution in [0.1, 0.15) is 26.2 Å². The van der Waals surface area contributed by atoms with Crippen LogP contribution in [0.5, 0.6) is 5.75 Å². The van der Waals surface area contributed by atoms with E-state index < -0.39 is 0 Å². The van der Waals surface area contributed by atoms with Crippen molar-refractivity contribution in [2.75, 3.05) is 6.54 Å². The number of ether oxygens (including phenoxy) is 1. The number of hydrogen-bond donors (Lipinski definition) is 1. The fourth-order valence-electron chi connectivity index (χ4n) is 2.46. The molecule has 3 rings (SSSR count). The Labute approximate surface area is 127 Å². The third-order valence-corrected chi connectivity index (χ3v) is 3.93. The average molecular weight is 281 g/mol. The monoisotopic (exact) mass is 281 g/mol. The van der Waals surface area contributed by atoms with Crippen molar-refractivity contribution in [3.05, 3.63) is 54.6 Å². The van der Waals surface area contributed by atoms with E-state index >= 15 is 0 Å². The van der Waals surface area contributed by atoms with E-state index in [1.807, 2.05) is 12.1 Å². The molecule has 2 aromatic carbocycles. The maximum atomic E-state index is 6.26. The largest absolute Gasteiger partial charge is 0.488 e. The van der Waals surface area contributed by atoms with Crippen molar-refractivity contribution in [3.63, 3.8) is 0 Å². The number of hydrogen-bond acceptors (Lipinski definition) is 2. The van der Waals surface area contributed by atoms with Crippen LogP contribution in [-0.4, -0.2) is 18.7 Å². The van der Waals surface area contributed by atoms with Gasteiger partial charge in [0.2, 0.25) is 0 Å². The van der Waals surface area contributed by atoms with E-state index in [4.69, 9.17) is 4.74 Å². The van der Waals surface area contributed by atoms with Gasteiger partial charge in [-0.3, -0.25) is 0 Å². The Balaban J connectivity index is 1.74. The molecule has 0 bridgehead atoms. The highest BCUT2D eigenvalue weighted by Gasteiger charge is 2.22. The number of benzene rings is 2. The first-order valence-corrected chi connectivity index (χ1v) is 7.91. The fourth-order valence-corrected chi connectivity index (χ4v) is 2.46. The summed E-state index contributed by atoms with van der Waals surface area (Å²) in [6.07, 6.45) is 3.88. The van der Waals surface area contributed by atoms with Crippen LogP contribution < -0.4 is 10.1 Å². The average Bonchev–Trinajstić information content (AvgIpc) is 3.37. The normalized spacial score (nSPS) is 15.7. The van der Waals surface area contributed by atoms with Crippen LogP contribution in [0, 0.1) is 0 Å². The lowest BCUT2D eigenvalue weighted by atomic mass is 10.0. The molecule has 1 saturated carbocycles. The Morgan fingerprint density at radius 3 is 2.48 bits per heavy atom. The molecular weight excluding hydrogens is 258 g/mol. The van der Waals surface area contributed by atoms with Crippen molar-refractivity contribution >= 4 is 0 Å². The van der Waals surface area contributed by atoms with Crippen molar-refractivity contribution < 1.29 is 4.74 Å². The number of nitrogens with one attached hydrogen (secondary N) is 1. The highest BCUT2D eigenvalue weighted by molar-refractivity contribution is 5.70. The Hall–Kier alpha value is -1.80. The summed E-state index contributed by atoms with van der Waals surface area (Å²) >= 11 is 0. The summed E-state index contributed by atoms with van der Waals surface area (Å²) in [4.78, 5) is 0. The van der Waals surface area contributed by atoms with Crippen molar-refractivity contribution in [2.24, 2.45) is 0 Å². The van der Waals surface area contributed by atoms with Crippen LogP contribution in [0.25, 0.3) is 11.1 Å². The Bertz CT molecular complexity index is 563. The topological polar surface area (TPSA) is 21.3 Å². The molecule has 0 spiro atoms. The minimum absolute atomic E-state index is 0.232. The van der Waals surface area contributed by atoms with E-state index in [0.717, 1.165) is 24.8 Å². The molecule has 0 aromatic heterocycles. The molecule has 1 unspecified atom stereocenters. The third kappa shape index (κ3) is 3.85. The van der Waals surface area contributed by atoms with E-state index in [0.29, 0.717) is 0 Å². The van der Waals surface area contributed by atoms with Gasteiger partial charge >= 0.3 is 0 Å². The van der Waals surface area contributed by atoms with Crippen LogP contribution in [0.15, 0.2) is 54.6 Å². The van der Waals surface area contributed by atoms with Crippen LogP contribution in [0.4, 0.5) is 0 Å². The highest BCUT2D eigenvalue weighted by Crippen LogP contribution is 2.30. The van der Waals surface area contributed by atoms with Gasteiger partial charge in [-0.2, -0.15) is 0 Å². The van der Waals surface area contributed by atoms with Crippen LogP contribution in [0.3, 0.4) is 0 Å². The second-order valence-electron chi connectivity index (χ2n) is 5.69. The van der Waals surface area contributed by atoms with Gasteiger partial charge in [0.25, 0.3) is 0 Å². The minimum Gasteiger partial charge on any atom is -0.488 e. The second kappa shape index (κ2) is 6.77. The summed E-state index contributed by atoms with van der Waals surface area (Å²) in [5, 5.41) is 3.56. The van der Waals surface area contributed by atoms with Crippen LogP contribution >= 0.6 is 0 Å². The molecule has 1 aliphatic carbocycles. The zero-order valence-corrected chi connectivity index (χ0v) is 12.6. The van der Waals surface area contributed by atoms with Crippen molar-refractivity contribution in [1.82, 2.24) is 5.32 Å². The fraction of sp³-hybridized carbons (Fsp3) is 0.368. The summed E-state index contributed by atoms with van der Waals surface area (Å²) in [5.74, 6) is 0.980. The summed E-state index contributed by atoms with van der Waals surface area (Å²) in [5.41, 5.74) is 2.38. The van der Waals surface area contributed by atoms with Crippen molar-refractivity contribution in [1.29, 1.82) is 0 Å². The number of rotatable bonds is 7. The lowest BCUT2D eigenvalue weighted by Crippen LogP contribution is -2.32. The molecule has 0 radical (unpaired) electrons. The zero-order valence-electron chi connectivity index (χ0n) is 12.6. The van der Waals surface area contributed by atoms with Crippen LogP contribution in [0.2, 0.25) is 0 Å². The zero-order chi connectivity index (χ0) is 14.5. The second-order valence-corrected chi connectivity index (χ2v) is 5.69. The maximum Gasteiger partial charge on any atom is 0.127 e. The lowest BCUT2D eigenvalue weighted by Gasteiger charge is -2.20. The molecule has 0 saturated heterocycles. The standard InChI is InChI=1S/C19H23NO/c1-2-17(14-20-16-12-13-16)21-19-11-7-6-10-18(19)15-8-4-3-5-9-15/h3-11,16-17,20H,2,12-14H2,1H3. The van der Waals surface area contributed by atoms with Gasteiger partial charge < -0.3 is 10.1 Å². The smallest absolute Gasteiger partial charge is 0.127 e. The molecule has 1 aliphatic rings. The molecule has 0 amide bonds. The third-order valence-electron chi connectivity index (χ3n) is 3.93. The van der Waals surface area contributed by atoms with Gasteiger partial charge in [0.15, 0.2) is 0 Å². The lowest BCUT2D eigenvalue weighted by molar-refractivity contribution is 0.194. The van der Waals surface area contributed by atoms with Gasteiger partial charge in [0.05, 0.1) is 0 Å². The van der Waals surface area contributed by atoms with E-state index in [1.54, 1.807) is 0 Å². The molecule has 2 nitrogen and oxygen atoms in total. The summed E-state index contributed by atoms with van der Waals surface area (Å²) < 4.78 is 6.26. The highest BCUT2D eigenvalue weighted by atomic mass is 16.5. The predicted octanol–water partition coefficient (Wildman–Crippen LogP) is 4.26. The van der Waals surface area contributed by atoms with Gasteiger partial charge in [0, 0.05) is 18.2 Å². The molecule has 1 atom stereocenters. The van der Waals surface area contributed by atoms with E-state index in [1.165, 1.54) is 24.0 Å². The van der Waals surface area contributed by atoms with E-state index in [9.17, 15) is 0 Å². The molecule has 21 heavy (non-hydrogen) atoms. The van der Waals surface area contributed by atoms with E-state index in [-0.39, 0.29) is 6.10 Å². The Morgan fingerprint density at radius 2 is 1.76 bits per heavy atom. The molecule has 2 heteroatoms. The Kier molecular flexibility index (Phi) is 4.56. The first-order valence-electron chi connectivity index (χ1n) is 7.91. The molecule has 1 N–H and O–H groups in total. The van der Waals surface area contributed by atoms with Gasteiger partial charge in [-0.05, 0) is 30.9 Å². The van der Waals surface area contributed by atoms with Crippen molar-refractivity contribution in [2.45, 2.75) is 38.3 Å². The Morgan fingerprint density at radius 1 is 1.05 bits per heavy atom. The van der Waals surface area contributed by atoms with Gasteiger partial charge in [-0.15, -0.1) is 0 Å². The first-order chi connectivity index (χ1) is 10.4. The van der Waals surface area contributed by atoms with Gasteiger partial charge in [0.1, 0.15) is 11.9 Å². The van der Waals surface area contributed by atoms with Gasteiger partial charge in [-0.1, -0.05) is 55.5 Å². The maximum absolute atomic E-state index is 6.26. The molecule has 110 valence electrons. The summed E-state index contributed by atoms with van der Waals surface area (Å²) in [6.45, 7) is 3.12. The van der Waals surface area contributed by atoms with Crippen molar-refractivity contribution in [3.8, 4) is 16.9 Å².